The molecule has 3 N–H and O–H groups in total. The number of methoxy groups -OCH3 is 1. The molecular formula is C35H37N6O5+. The van der Waals surface area contributed by atoms with E-state index in [1.165, 1.54) is 18.2 Å². The second-order valence-electron chi connectivity index (χ2n) is 10.9. The number of nitriles is 1. The molecule has 236 valence electrons. The summed E-state index contributed by atoms with van der Waals surface area (Å²) in [5, 5.41) is 17.9. The molecule has 0 spiro atoms. The van der Waals surface area contributed by atoms with Gasteiger partial charge < -0.3 is 24.8 Å². The summed E-state index contributed by atoms with van der Waals surface area (Å²) >= 11 is 0. The van der Waals surface area contributed by atoms with Gasteiger partial charge in [0.15, 0.2) is 12.4 Å². The first kappa shape index (κ1) is 32.1. The number of benzene rings is 3. The summed E-state index contributed by atoms with van der Waals surface area (Å²) in [7, 11) is 1.24. The molecule has 46 heavy (non-hydrogen) atoms. The maximum absolute atomic E-state index is 12.9. The van der Waals surface area contributed by atoms with Gasteiger partial charge in [-0.25, -0.2) is 9.36 Å². The zero-order chi connectivity index (χ0) is 32.3. The number of nitrogens with zero attached hydrogens (tertiary/aromatic N) is 3. The van der Waals surface area contributed by atoms with Crippen molar-refractivity contribution in [2.24, 2.45) is 0 Å². The van der Waals surface area contributed by atoms with E-state index in [0.29, 0.717) is 36.8 Å². The van der Waals surface area contributed by atoms with Crippen LogP contribution in [0.3, 0.4) is 0 Å². The smallest absolute Gasteiger partial charge is 0.407 e. The molecule has 1 aliphatic rings. The molecule has 5 rings (SSSR count). The lowest BCUT2D eigenvalue weighted by atomic mass is 9.93. The number of amides is 2. The van der Waals surface area contributed by atoms with Crippen molar-refractivity contribution >= 4 is 17.7 Å². The van der Waals surface area contributed by atoms with Crippen LogP contribution in [0.1, 0.15) is 47.0 Å². The minimum atomic E-state index is -0.693. The highest BCUT2D eigenvalue weighted by Gasteiger charge is 2.32. The minimum Gasteiger partial charge on any atom is -0.491 e. The van der Waals surface area contributed by atoms with Crippen molar-refractivity contribution in [1.82, 2.24) is 15.6 Å². The van der Waals surface area contributed by atoms with E-state index in [-0.39, 0.29) is 24.7 Å². The van der Waals surface area contributed by atoms with E-state index in [2.05, 4.69) is 75.1 Å². The number of carbonyl (C=O) groups is 2. The number of nitrogens with one attached hydrogen (secondary N) is 3. The van der Waals surface area contributed by atoms with Gasteiger partial charge in [-0.3, -0.25) is 10.1 Å². The van der Waals surface area contributed by atoms with Gasteiger partial charge in [0, 0.05) is 12.5 Å². The number of anilines is 1. The number of morpholine rings is 1. The summed E-state index contributed by atoms with van der Waals surface area (Å²) in [5.74, 6) is 0.102. The average Bonchev–Trinajstić information content (AvgIpc) is 3.10. The molecule has 11 heteroatoms. The van der Waals surface area contributed by atoms with Crippen molar-refractivity contribution < 1.29 is 28.4 Å². The Morgan fingerprint density at radius 1 is 1.11 bits per heavy atom. The van der Waals surface area contributed by atoms with E-state index in [1.807, 2.05) is 22.8 Å². The lowest BCUT2D eigenvalue weighted by Crippen LogP contribution is -2.58. The highest BCUT2D eigenvalue weighted by Crippen LogP contribution is 2.29. The Balaban J connectivity index is 1.35. The normalized spacial score (nSPS) is 16.5. The van der Waals surface area contributed by atoms with Gasteiger partial charge in [-0.1, -0.05) is 66.5 Å². The van der Waals surface area contributed by atoms with Crippen LogP contribution in [0.5, 0.6) is 5.75 Å². The lowest BCUT2D eigenvalue weighted by molar-refractivity contribution is -0.742. The molecule has 3 unspecified atom stereocenters. The molecule has 0 saturated carbocycles. The van der Waals surface area contributed by atoms with Crippen LogP contribution < -0.4 is 25.3 Å². The Bertz CT molecular complexity index is 1670. The third kappa shape index (κ3) is 8.44. The standard InChI is InChI=1S/C35H36N6O5/c1-24(28-10-6-9-27(16-28)15-25-7-4-3-5-8-25)34-31(40-33(42)20-39-35(43)44-2)19-37-23-41(34)32-22-46-30(18-38-32)21-45-29-13-11-26(17-36)12-14-29/h3-14,16,19,23-24,30,32,38H,15,18,20-22H2,1-2H3,(H-,39,40,42,43)/p+1. The molecule has 3 aromatic carbocycles. The van der Waals surface area contributed by atoms with Crippen molar-refractivity contribution in [2.45, 2.75) is 31.5 Å². The maximum atomic E-state index is 12.9. The fourth-order valence-electron chi connectivity index (χ4n) is 5.34. The van der Waals surface area contributed by atoms with Crippen LogP contribution >= 0.6 is 0 Å². The molecule has 11 nitrogen and oxygen atoms in total. The molecular weight excluding hydrogens is 584 g/mol. The van der Waals surface area contributed by atoms with Gasteiger partial charge in [0.25, 0.3) is 6.33 Å². The number of hydrogen-bond acceptors (Lipinski definition) is 8. The molecule has 1 aromatic heterocycles. The fourth-order valence-corrected chi connectivity index (χ4v) is 5.34. The van der Waals surface area contributed by atoms with Crippen molar-refractivity contribution in [2.75, 3.05) is 38.7 Å². The topological polar surface area (TPSA) is 138 Å². The monoisotopic (exact) mass is 621 g/mol. The third-order valence-electron chi connectivity index (χ3n) is 7.74. The molecule has 0 aliphatic carbocycles. The molecule has 1 saturated heterocycles. The zero-order valence-electron chi connectivity index (χ0n) is 25.8. The van der Waals surface area contributed by atoms with Crippen LogP contribution in [-0.4, -0.2) is 56.5 Å². The summed E-state index contributed by atoms with van der Waals surface area (Å²) in [6.45, 7) is 3.04. The summed E-state index contributed by atoms with van der Waals surface area (Å²) in [6, 6.07) is 27.8. The molecule has 0 bridgehead atoms. The van der Waals surface area contributed by atoms with E-state index in [0.717, 1.165) is 17.7 Å². The summed E-state index contributed by atoms with van der Waals surface area (Å²) in [4.78, 5) is 28.9. The molecule has 3 atom stereocenters. The predicted molar refractivity (Wildman–Crippen MR) is 170 cm³/mol. The summed E-state index contributed by atoms with van der Waals surface area (Å²) in [5.41, 5.74) is 5.39. The van der Waals surface area contributed by atoms with Crippen LogP contribution in [0, 0.1) is 11.3 Å². The van der Waals surface area contributed by atoms with Crippen LogP contribution in [-0.2, 0) is 20.7 Å². The Hall–Kier alpha value is -5.31. The van der Waals surface area contributed by atoms with Crippen LogP contribution in [0.2, 0.25) is 0 Å². The van der Waals surface area contributed by atoms with E-state index in [9.17, 15) is 9.59 Å². The highest BCUT2D eigenvalue weighted by atomic mass is 16.5. The minimum absolute atomic E-state index is 0.151. The molecule has 0 radical (unpaired) electrons. The second kappa shape index (κ2) is 15.6. The molecule has 4 aromatic rings. The Labute approximate surface area is 268 Å². The Morgan fingerprint density at radius 3 is 2.61 bits per heavy atom. The first-order valence-electron chi connectivity index (χ1n) is 15.0. The van der Waals surface area contributed by atoms with Crippen LogP contribution in [0.4, 0.5) is 10.5 Å². The first-order chi connectivity index (χ1) is 22.4. The zero-order valence-corrected chi connectivity index (χ0v) is 25.8. The van der Waals surface area contributed by atoms with Gasteiger partial charge in [-0.15, -0.1) is 0 Å². The number of rotatable bonds is 11. The summed E-state index contributed by atoms with van der Waals surface area (Å²) in [6.07, 6.45) is 2.99. The molecule has 2 amide bonds. The number of hydrogen-bond donors (Lipinski definition) is 3. The third-order valence-corrected chi connectivity index (χ3v) is 7.74. The largest absolute Gasteiger partial charge is 0.491 e. The van der Waals surface area contributed by atoms with E-state index < -0.39 is 12.0 Å². The molecule has 1 aliphatic heterocycles. The Morgan fingerprint density at radius 2 is 1.89 bits per heavy atom. The SMILES string of the molecule is COC(=O)NCC(=O)Nc1cnc[n+](C2COC(COc3ccc(C#N)cc3)CN2)c1C(C)c1cccc(Cc2ccccc2)c1. The van der Waals surface area contributed by atoms with E-state index in [4.69, 9.17) is 14.7 Å². The fraction of sp³-hybridized carbons (Fsp3) is 0.286. The van der Waals surface area contributed by atoms with E-state index >= 15 is 0 Å². The van der Waals surface area contributed by atoms with Crippen molar-refractivity contribution in [1.29, 1.82) is 5.26 Å². The average molecular weight is 622 g/mol. The predicted octanol–water partition coefficient (Wildman–Crippen LogP) is 3.84. The van der Waals surface area contributed by atoms with E-state index in [1.54, 1.807) is 36.8 Å². The van der Waals surface area contributed by atoms with Crippen molar-refractivity contribution in [3.63, 3.8) is 0 Å². The number of carbonyl (C=O) groups excluding carboxylic acids is 2. The van der Waals surface area contributed by atoms with Crippen LogP contribution in [0.15, 0.2) is 91.4 Å². The van der Waals surface area contributed by atoms with Gasteiger partial charge in [0.05, 0.1) is 18.7 Å². The van der Waals surface area contributed by atoms with Gasteiger partial charge in [0.1, 0.15) is 43.0 Å². The first-order valence-corrected chi connectivity index (χ1v) is 15.0. The molecule has 2 heterocycles. The molecule has 1 fully saturated rings. The van der Waals surface area contributed by atoms with Gasteiger partial charge >= 0.3 is 6.09 Å². The van der Waals surface area contributed by atoms with Gasteiger partial charge in [-0.2, -0.15) is 5.26 Å². The van der Waals surface area contributed by atoms with Crippen molar-refractivity contribution in [3.8, 4) is 11.8 Å². The second-order valence-corrected chi connectivity index (χ2v) is 10.9. The van der Waals surface area contributed by atoms with Crippen molar-refractivity contribution in [3.05, 3.63) is 119 Å². The quantitative estimate of drug-likeness (QED) is 0.215. The lowest BCUT2D eigenvalue weighted by Gasteiger charge is -2.30. The Kier molecular flexibility index (Phi) is 10.9. The summed E-state index contributed by atoms with van der Waals surface area (Å²) < 4.78 is 18.7. The number of aromatic nitrogens is 2. The highest BCUT2D eigenvalue weighted by molar-refractivity contribution is 5.94. The number of ether oxygens (including phenoxy) is 3. The van der Waals surface area contributed by atoms with Crippen LogP contribution in [0.25, 0.3) is 0 Å². The number of alkyl carbamates (subject to hydrolysis) is 1. The maximum Gasteiger partial charge on any atom is 0.407 e. The van der Waals surface area contributed by atoms with Gasteiger partial charge in [-0.05, 0) is 47.4 Å². The van der Waals surface area contributed by atoms with Gasteiger partial charge in [0.2, 0.25) is 5.91 Å².